The van der Waals surface area contributed by atoms with Gasteiger partial charge in [0.05, 0.1) is 11.3 Å². The van der Waals surface area contributed by atoms with Gasteiger partial charge in [-0.1, -0.05) is 6.07 Å². The van der Waals surface area contributed by atoms with Crippen molar-refractivity contribution in [1.29, 1.82) is 0 Å². The molecule has 8 nitrogen and oxygen atoms in total. The highest BCUT2D eigenvalue weighted by atomic mass is 19.4. The highest BCUT2D eigenvalue weighted by Gasteiger charge is 2.30. The smallest absolute Gasteiger partial charge is 0.337 e. The maximum absolute atomic E-state index is 12.8. The van der Waals surface area contributed by atoms with E-state index in [-0.39, 0.29) is 17.5 Å². The van der Waals surface area contributed by atoms with Crippen LogP contribution in [0.1, 0.15) is 31.3 Å². The first-order chi connectivity index (χ1) is 13.7. The zero-order chi connectivity index (χ0) is 21.0. The molecular weight excluding hydrogens is 387 g/mol. The molecule has 0 saturated heterocycles. The summed E-state index contributed by atoms with van der Waals surface area (Å²) in [4.78, 5) is 12.0. The van der Waals surface area contributed by atoms with Crippen molar-refractivity contribution in [2.75, 3.05) is 11.9 Å². The lowest BCUT2D eigenvalue weighted by molar-refractivity contribution is -0.137. The molecule has 2 aromatic heterocycles. The SMILES string of the molecule is CC(C)n1cnnc1CCNC(=O)Nc1ccn(-c2cccc(C(F)(F)F)c2)n1. The van der Waals surface area contributed by atoms with Crippen molar-refractivity contribution in [3.8, 4) is 5.69 Å². The second-order valence-corrected chi connectivity index (χ2v) is 6.57. The molecule has 2 amide bonds. The minimum absolute atomic E-state index is 0.213. The molecule has 0 spiro atoms. The van der Waals surface area contributed by atoms with Crippen molar-refractivity contribution in [3.63, 3.8) is 0 Å². The first-order valence-electron chi connectivity index (χ1n) is 8.90. The fourth-order valence-electron chi connectivity index (χ4n) is 2.68. The van der Waals surface area contributed by atoms with Crippen LogP contribution in [0.4, 0.5) is 23.8 Å². The van der Waals surface area contributed by atoms with Crippen LogP contribution < -0.4 is 10.6 Å². The van der Waals surface area contributed by atoms with Gasteiger partial charge in [-0.3, -0.25) is 5.32 Å². The molecule has 0 atom stereocenters. The standard InChI is InChI=1S/C18H20F3N7O/c1-12(2)27-11-23-25-16(27)6-8-22-17(29)24-15-7-9-28(26-15)14-5-3-4-13(10-14)18(19,20)21/h3-5,7,9-12H,6,8H2,1-2H3,(H2,22,24,26,29). The number of halogens is 3. The monoisotopic (exact) mass is 407 g/mol. The number of rotatable bonds is 6. The third kappa shape index (κ3) is 5.12. The van der Waals surface area contributed by atoms with E-state index in [2.05, 4.69) is 25.9 Å². The molecule has 0 fully saturated rings. The Labute approximate surface area is 164 Å². The molecule has 1 aromatic carbocycles. The topological polar surface area (TPSA) is 89.7 Å². The first kappa shape index (κ1) is 20.4. The van der Waals surface area contributed by atoms with E-state index in [9.17, 15) is 18.0 Å². The van der Waals surface area contributed by atoms with Crippen LogP contribution in [-0.4, -0.2) is 37.1 Å². The van der Waals surface area contributed by atoms with E-state index in [0.29, 0.717) is 13.0 Å². The number of alkyl halides is 3. The molecule has 2 N–H and O–H groups in total. The number of hydrogen-bond donors (Lipinski definition) is 2. The summed E-state index contributed by atoms with van der Waals surface area (Å²) in [6.45, 7) is 4.35. The van der Waals surface area contributed by atoms with E-state index in [1.807, 2.05) is 18.4 Å². The molecule has 0 bridgehead atoms. The minimum atomic E-state index is -4.44. The number of nitrogens with zero attached hydrogens (tertiary/aromatic N) is 5. The van der Waals surface area contributed by atoms with Crippen molar-refractivity contribution < 1.29 is 18.0 Å². The summed E-state index contributed by atoms with van der Waals surface area (Å²) in [6, 6.07) is 6.01. The van der Waals surface area contributed by atoms with Gasteiger partial charge in [-0.2, -0.15) is 13.2 Å². The van der Waals surface area contributed by atoms with E-state index in [1.54, 1.807) is 6.33 Å². The number of benzene rings is 1. The molecule has 2 heterocycles. The largest absolute Gasteiger partial charge is 0.416 e. The average molecular weight is 407 g/mol. The fraction of sp³-hybridized carbons (Fsp3) is 0.333. The van der Waals surface area contributed by atoms with E-state index < -0.39 is 17.8 Å². The molecule has 0 aliphatic carbocycles. The second kappa shape index (κ2) is 8.33. The zero-order valence-electron chi connectivity index (χ0n) is 15.8. The molecule has 0 aliphatic rings. The number of nitrogens with one attached hydrogen (secondary N) is 2. The summed E-state index contributed by atoms with van der Waals surface area (Å²) in [5, 5.41) is 17.2. The van der Waals surface area contributed by atoms with Gasteiger partial charge < -0.3 is 9.88 Å². The lowest BCUT2D eigenvalue weighted by Gasteiger charge is -2.10. The highest BCUT2D eigenvalue weighted by molar-refractivity contribution is 5.88. The predicted molar refractivity (Wildman–Crippen MR) is 99.7 cm³/mol. The van der Waals surface area contributed by atoms with Gasteiger partial charge in [0.15, 0.2) is 5.82 Å². The predicted octanol–water partition coefficient (Wildman–Crippen LogP) is 3.43. The van der Waals surface area contributed by atoms with Crippen LogP contribution in [0.5, 0.6) is 0 Å². The third-order valence-electron chi connectivity index (χ3n) is 4.11. The maximum Gasteiger partial charge on any atom is 0.416 e. The van der Waals surface area contributed by atoms with Crippen molar-refractivity contribution in [2.45, 2.75) is 32.5 Å². The normalized spacial score (nSPS) is 11.7. The highest BCUT2D eigenvalue weighted by Crippen LogP contribution is 2.30. The van der Waals surface area contributed by atoms with E-state index >= 15 is 0 Å². The van der Waals surface area contributed by atoms with Gasteiger partial charge in [0.1, 0.15) is 12.2 Å². The molecule has 0 aliphatic heterocycles. The summed E-state index contributed by atoms with van der Waals surface area (Å²) in [5.74, 6) is 0.972. The van der Waals surface area contributed by atoms with Gasteiger partial charge in [-0.15, -0.1) is 15.3 Å². The minimum Gasteiger partial charge on any atom is -0.337 e. The van der Waals surface area contributed by atoms with Gasteiger partial charge in [0.2, 0.25) is 0 Å². The third-order valence-corrected chi connectivity index (χ3v) is 4.11. The summed E-state index contributed by atoms with van der Waals surface area (Å²) in [6.07, 6.45) is -0.828. The maximum atomic E-state index is 12.8. The Morgan fingerprint density at radius 3 is 2.76 bits per heavy atom. The van der Waals surface area contributed by atoms with Gasteiger partial charge in [0.25, 0.3) is 0 Å². The molecule has 0 radical (unpaired) electrons. The number of amides is 2. The molecular formula is C18H20F3N7O. The van der Waals surface area contributed by atoms with Crippen LogP contribution in [0.2, 0.25) is 0 Å². The summed E-state index contributed by atoms with van der Waals surface area (Å²) >= 11 is 0. The number of carbonyl (C=O) groups is 1. The molecule has 3 rings (SSSR count). The Bertz CT molecular complexity index is 978. The van der Waals surface area contributed by atoms with Gasteiger partial charge in [-0.05, 0) is 32.0 Å². The Kier molecular flexibility index (Phi) is 5.85. The molecule has 11 heteroatoms. The van der Waals surface area contributed by atoms with Gasteiger partial charge in [-0.25, -0.2) is 9.48 Å². The lowest BCUT2D eigenvalue weighted by atomic mass is 10.2. The van der Waals surface area contributed by atoms with Crippen LogP contribution in [0.25, 0.3) is 5.69 Å². The van der Waals surface area contributed by atoms with Crippen molar-refractivity contribution in [1.82, 2.24) is 29.9 Å². The van der Waals surface area contributed by atoms with E-state index in [4.69, 9.17) is 0 Å². The number of hydrogen-bond acceptors (Lipinski definition) is 4. The van der Waals surface area contributed by atoms with Crippen molar-refractivity contribution in [2.24, 2.45) is 0 Å². The Balaban J connectivity index is 1.56. The van der Waals surface area contributed by atoms with Crippen LogP contribution in [0, 0.1) is 0 Å². The van der Waals surface area contributed by atoms with Gasteiger partial charge in [0, 0.05) is 31.3 Å². The number of anilines is 1. The van der Waals surface area contributed by atoms with Crippen molar-refractivity contribution >= 4 is 11.8 Å². The number of urea groups is 1. The van der Waals surface area contributed by atoms with E-state index in [1.165, 1.54) is 29.1 Å². The van der Waals surface area contributed by atoms with Crippen molar-refractivity contribution in [3.05, 3.63) is 54.2 Å². The lowest BCUT2D eigenvalue weighted by Crippen LogP contribution is -2.31. The molecule has 29 heavy (non-hydrogen) atoms. The first-order valence-corrected chi connectivity index (χ1v) is 8.90. The summed E-state index contributed by atoms with van der Waals surface area (Å²) < 4.78 is 41.7. The zero-order valence-corrected chi connectivity index (χ0v) is 15.8. The second-order valence-electron chi connectivity index (χ2n) is 6.57. The summed E-state index contributed by atoms with van der Waals surface area (Å²) in [7, 11) is 0. The van der Waals surface area contributed by atoms with Crippen LogP contribution >= 0.6 is 0 Å². The summed E-state index contributed by atoms with van der Waals surface area (Å²) in [5.41, 5.74) is -0.534. The van der Waals surface area contributed by atoms with Crippen LogP contribution in [0.3, 0.4) is 0 Å². The number of aromatic nitrogens is 5. The van der Waals surface area contributed by atoms with Gasteiger partial charge >= 0.3 is 12.2 Å². The van der Waals surface area contributed by atoms with Crippen LogP contribution in [0.15, 0.2) is 42.9 Å². The molecule has 3 aromatic rings. The average Bonchev–Trinajstić information content (AvgIpc) is 3.31. The molecule has 154 valence electrons. The quantitative estimate of drug-likeness (QED) is 0.655. The fourth-order valence-corrected chi connectivity index (χ4v) is 2.68. The molecule has 0 saturated carbocycles. The number of carbonyl (C=O) groups excluding carboxylic acids is 1. The van der Waals surface area contributed by atoms with Crippen LogP contribution in [-0.2, 0) is 12.6 Å². The Morgan fingerprint density at radius 2 is 2.03 bits per heavy atom. The Hall–Kier alpha value is -3.37. The molecule has 0 unspecified atom stereocenters. The Morgan fingerprint density at radius 1 is 1.24 bits per heavy atom. The van der Waals surface area contributed by atoms with E-state index in [0.717, 1.165) is 18.0 Å².